The van der Waals surface area contributed by atoms with E-state index in [-0.39, 0.29) is 35.1 Å². The molecule has 2 aromatic rings. The molecule has 1 atom stereocenters. The molecule has 31 heavy (non-hydrogen) atoms. The Labute approximate surface area is 178 Å². The lowest BCUT2D eigenvalue weighted by Crippen LogP contribution is -2.45. The van der Waals surface area contributed by atoms with Crippen LogP contribution in [0.25, 0.3) is 0 Å². The van der Waals surface area contributed by atoms with Crippen LogP contribution in [0.4, 0.5) is 19.3 Å². The van der Waals surface area contributed by atoms with Crippen LogP contribution in [0.2, 0.25) is 0 Å². The lowest BCUT2D eigenvalue weighted by Gasteiger charge is -2.26. The van der Waals surface area contributed by atoms with Crippen LogP contribution >= 0.6 is 0 Å². The van der Waals surface area contributed by atoms with Gasteiger partial charge in [0.1, 0.15) is 22.2 Å². The largest absolute Gasteiger partial charge is 0.418 e. The molecule has 0 spiro atoms. The van der Waals surface area contributed by atoms with Crippen LogP contribution in [0, 0.1) is 11.6 Å². The van der Waals surface area contributed by atoms with Gasteiger partial charge in [-0.05, 0) is 51.5 Å². The average Bonchev–Trinajstić information content (AvgIpc) is 2.74. The molecule has 0 saturated heterocycles. The number of anilines is 1. The monoisotopic (exact) mass is 452 g/mol. The van der Waals surface area contributed by atoms with Gasteiger partial charge in [-0.25, -0.2) is 27.0 Å². The van der Waals surface area contributed by atoms with Crippen LogP contribution in [0.1, 0.15) is 32.8 Å². The van der Waals surface area contributed by atoms with Crippen molar-refractivity contribution in [2.45, 2.75) is 37.5 Å². The number of pyridine rings is 1. The summed E-state index contributed by atoms with van der Waals surface area (Å²) in [5, 5.41) is 2.43. The van der Waals surface area contributed by atoms with Gasteiger partial charge in [-0.1, -0.05) is 0 Å². The first-order valence-electron chi connectivity index (χ1n) is 9.33. The van der Waals surface area contributed by atoms with Crippen molar-refractivity contribution in [3.8, 4) is 5.88 Å². The van der Waals surface area contributed by atoms with E-state index in [9.17, 15) is 22.0 Å². The Morgan fingerprint density at radius 3 is 2.55 bits per heavy atom. The number of hydrogen-bond donors (Lipinski definition) is 2. The molecule has 2 heterocycles. The summed E-state index contributed by atoms with van der Waals surface area (Å²) in [4.78, 5) is 20.1. The van der Waals surface area contributed by atoms with Crippen LogP contribution in [0.3, 0.4) is 0 Å². The zero-order chi connectivity index (χ0) is 23.0. The fraction of sp³-hybridized carbons (Fsp3) is 0.350. The molecule has 0 saturated carbocycles. The summed E-state index contributed by atoms with van der Waals surface area (Å²) < 4.78 is 56.4. The molecule has 166 valence electrons. The first kappa shape index (κ1) is 22.6. The van der Waals surface area contributed by atoms with Gasteiger partial charge in [-0.15, -0.1) is 0 Å². The molecule has 3 N–H and O–H groups in total. The quantitative estimate of drug-likeness (QED) is 0.737. The highest BCUT2D eigenvalue weighted by molar-refractivity contribution is 7.93. The number of amides is 1. The van der Waals surface area contributed by atoms with Crippen LogP contribution in [-0.4, -0.2) is 35.8 Å². The Morgan fingerprint density at radius 1 is 1.19 bits per heavy atom. The number of nitrogens with zero attached hydrogens (tertiary/aromatic N) is 2. The molecule has 0 aliphatic carbocycles. The summed E-state index contributed by atoms with van der Waals surface area (Å²) in [5.41, 5.74) is 4.98. The molecule has 0 radical (unpaired) electrons. The summed E-state index contributed by atoms with van der Waals surface area (Å²) in [6.45, 7) is 4.50. The van der Waals surface area contributed by atoms with Crippen LogP contribution in [0.15, 0.2) is 41.5 Å². The molecule has 11 heteroatoms. The summed E-state index contributed by atoms with van der Waals surface area (Å²) in [6.07, 6.45) is -0.0258. The summed E-state index contributed by atoms with van der Waals surface area (Å²) in [5.74, 6) is -1.70. The average molecular weight is 452 g/mol. The lowest BCUT2D eigenvalue weighted by molar-refractivity contribution is 0.213. The van der Waals surface area contributed by atoms with Gasteiger partial charge in [0.05, 0.1) is 17.5 Å². The number of aromatic nitrogens is 1. The molecule has 8 nitrogen and oxygen atoms in total. The number of ether oxygens (including phenoxy) is 1. The first-order valence-corrected chi connectivity index (χ1v) is 11.0. The smallest absolute Gasteiger partial charge is 0.391 e. The number of benzene rings is 1. The second-order valence-electron chi connectivity index (χ2n) is 7.87. The fourth-order valence-electron chi connectivity index (χ4n) is 3.08. The van der Waals surface area contributed by atoms with Gasteiger partial charge in [0.25, 0.3) is 0 Å². The molecule has 1 aliphatic heterocycles. The maximum Gasteiger partial charge on any atom is 0.418 e. The molecule has 1 aromatic carbocycles. The predicted octanol–water partition coefficient (Wildman–Crippen LogP) is 3.14. The minimum atomic E-state index is -3.61. The third-order valence-electron chi connectivity index (χ3n) is 5.31. The van der Waals surface area contributed by atoms with Gasteiger partial charge < -0.3 is 10.5 Å². The van der Waals surface area contributed by atoms with Gasteiger partial charge in [0, 0.05) is 17.3 Å². The van der Waals surface area contributed by atoms with Crippen molar-refractivity contribution >= 4 is 27.5 Å². The molecular weight excluding hydrogens is 430 g/mol. The van der Waals surface area contributed by atoms with E-state index in [0.29, 0.717) is 0 Å². The van der Waals surface area contributed by atoms with Gasteiger partial charge in [-0.3, -0.25) is 10.3 Å². The van der Waals surface area contributed by atoms with Crippen molar-refractivity contribution in [2.24, 2.45) is 10.7 Å². The topological polar surface area (TPSA) is 124 Å². The van der Waals surface area contributed by atoms with Crippen molar-refractivity contribution in [1.82, 2.24) is 4.98 Å². The molecule has 0 unspecified atom stereocenters. The van der Waals surface area contributed by atoms with Crippen molar-refractivity contribution < 1.29 is 26.7 Å². The van der Waals surface area contributed by atoms with Crippen molar-refractivity contribution in [3.63, 3.8) is 0 Å². The number of carbonyl (C=O) groups excluding carboxylic acids is 1. The summed E-state index contributed by atoms with van der Waals surface area (Å²) >= 11 is 0. The normalized spacial score (nSPS) is 22.2. The minimum Gasteiger partial charge on any atom is -0.391 e. The number of nitrogens with two attached hydrogens (primary N) is 1. The lowest BCUT2D eigenvalue weighted by atomic mass is 9.88. The minimum absolute atomic E-state index is 0.00375. The third kappa shape index (κ3) is 4.50. The molecule has 0 fully saturated rings. The van der Waals surface area contributed by atoms with E-state index in [1.165, 1.54) is 32.0 Å². The van der Waals surface area contributed by atoms with Crippen molar-refractivity contribution in [3.05, 3.63) is 53.7 Å². The van der Waals surface area contributed by atoms with Crippen LogP contribution in [-0.2, 0) is 15.4 Å². The van der Waals surface area contributed by atoms with E-state index in [4.69, 9.17) is 10.5 Å². The summed E-state index contributed by atoms with van der Waals surface area (Å²) in [6, 6.07) is 6.04. The highest BCUT2D eigenvalue weighted by Crippen LogP contribution is 2.38. The van der Waals surface area contributed by atoms with Crippen LogP contribution < -0.4 is 15.8 Å². The number of sulfone groups is 1. The van der Waals surface area contributed by atoms with Gasteiger partial charge in [0.2, 0.25) is 5.88 Å². The number of nitrogens with one attached hydrogen (secondary N) is 1. The van der Waals surface area contributed by atoms with E-state index in [2.05, 4.69) is 15.3 Å². The number of halogens is 2. The first-order chi connectivity index (χ1) is 14.3. The Kier molecular flexibility index (Phi) is 5.74. The number of aliphatic imine (C=N–C) groups is 1. The number of carbonyl (C=O) groups is 1. The van der Waals surface area contributed by atoms with E-state index >= 15 is 0 Å². The molecule has 1 aliphatic rings. The Bertz CT molecular complexity index is 1150. The third-order valence-corrected chi connectivity index (χ3v) is 7.82. The van der Waals surface area contributed by atoms with E-state index in [1.807, 2.05) is 0 Å². The molecule has 1 aromatic heterocycles. The molecule has 1 amide bonds. The zero-order valence-corrected chi connectivity index (χ0v) is 18.0. The van der Waals surface area contributed by atoms with Gasteiger partial charge >= 0.3 is 6.09 Å². The number of amidine groups is 1. The Morgan fingerprint density at radius 2 is 1.90 bits per heavy atom. The van der Waals surface area contributed by atoms with Crippen LogP contribution in [0.5, 0.6) is 5.88 Å². The maximum atomic E-state index is 14.7. The predicted molar refractivity (Wildman–Crippen MR) is 112 cm³/mol. The highest BCUT2D eigenvalue weighted by atomic mass is 32.2. The maximum absolute atomic E-state index is 14.7. The van der Waals surface area contributed by atoms with Crippen molar-refractivity contribution in [2.75, 3.05) is 11.1 Å². The molecule has 0 bridgehead atoms. The molecule has 3 rings (SSSR count). The SMILES string of the molecule is CC1(C)C(N)=N[C@](C)(c2cc(NC(=O)Oc3ccc(F)cn3)ccc2F)CCS1(=O)=O. The fourth-order valence-corrected chi connectivity index (χ4v) is 4.62. The van der Waals surface area contributed by atoms with Gasteiger partial charge in [-0.2, -0.15) is 0 Å². The van der Waals surface area contributed by atoms with E-state index < -0.39 is 37.9 Å². The number of rotatable bonds is 3. The molecular formula is C20H22F2N4O4S. The highest BCUT2D eigenvalue weighted by Gasteiger charge is 2.45. The standard InChI is InChI=1S/C20H22F2N4O4S/c1-19(2)17(23)26-20(3,8-9-31(19,28)29)14-10-13(5-6-15(14)22)25-18(27)30-16-7-4-12(21)11-24-16/h4-7,10-11H,8-9H2,1-3H3,(H2,23,26)(H,25,27)/t20-/m0/s1. The Balaban J connectivity index is 1.89. The second kappa shape index (κ2) is 7.88. The van der Waals surface area contributed by atoms with Gasteiger partial charge in [0.15, 0.2) is 9.84 Å². The zero-order valence-electron chi connectivity index (χ0n) is 17.1. The number of hydrogen-bond acceptors (Lipinski definition) is 7. The Hall–Kier alpha value is -3.08. The van der Waals surface area contributed by atoms with E-state index in [1.54, 1.807) is 6.92 Å². The van der Waals surface area contributed by atoms with Crippen molar-refractivity contribution in [1.29, 1.82) is 0 Å². The second-order valence-corrected chi connectivity index (χ2v) is 10.5. The summed E-state index contributed by atoms with van der Waals surface area (Å²) in [7, 11) is -3.61. The van der Waals surface area contributed by atoms with E-state index in [0.717, 1.165) is 18.3 Å².